The lowest BCUT2D eigenvalue weighted by Gasteiger charge is -2.06. The number of halogens is 2. The van der Waals surface area contributed by atoms with E-state index in [0.29, 0.717) is 16.6 Å². The van der Waals surface area contributed by atoms with E-state index in [1.165, 1.54) is 23.5 Å². The first kappa shape index (κ1) is 17.1. The largest absolute Gasteiger partial charge is 0.279 e. The normalized spacial score (nSPS) is 11.4. The molecule has 0 aliphatic heterocycles. The Labute approximate surface area is 144 Å². The summed E-state index contributed by atoms with van der Waals surface area (Å²) in [5, 5.41) is 5.23. The van der Waals surface area contributed by atoms with Crippen molar-refractivity contribution in [2.45, 2.75) is 24.9 Å². The zero-order valence-electron chi connectivity index (χ0n) is 12.5. The monoisotopic (exact) mass is 354 g/mol. The van der Waals surface area contributed by atoms with Gasteiger partial charge in [-0.1, -0.05) is 60.9 Å². The van der Waals surface area contributed by atoms with Crippen LogP contribution in [0.1, 0.15) is 30.9 Å². The summed E-state index contributed by atoms with van der Waals surface area (Å²) < 4.78 is 0. The number of rotatable bonds is 5. The Morgan fingerprint density at radius 2 is 1.73 bits per heavy atom. The van der Waals surface area contributed by atoms with E-state index in [2.05, 4.69) is 46.5 Å². The maximum Gasteiger partial charge on any atom is 0.190 e. The molecule has 0 radical (unpaired) electrons. The van der Waals surface area contributed by atoms with E-state index in [9.17, 15) is 0 Å². The van der Waals surface area contributed by atoms with Gasteiger partial charge in [0.2, 0.25) is 0 Å². The average molecular weight is 355 g/mol. The summed E-state index contributed by atoms with van der Waals surface area (Å²) in [6, 6.07) is 8.09. The molecular weight excluding hydrogens is 339 g/mol. The molecule has 7 heteroatoms. The molecule has 2 aromatic rings. The second-order valence-corrected chi connectivity index (χ2v) is 6.34. The Morgan fingerprint density at radius 3 is 2.23 bits per heavy atom. The van der Waals surface area contributed by atoms with Gasteiger partial charge in [0, 0.05) is 0 Å². The molecule has 22 heavy (non-hydrogen) atoms. The SMILES string of the molecule is CSc1nc(Cl)c(/C=N/Nc2ccc(C(C)C)cc2)c(Cl)n1. The fourth-order valence-electron chi connectivity index (χ4n) is 1.71. The molecule has 0 saturated carbocycles. The molecule has 0 spiro atoms. The summed E-state index contributed by atoms with van der Waals surface area (Å²) in [5.41, 5.74) is 5.59. The highest BCUT2D eigenvalue weighted by Crippen LogP contribution is 2.23. The number of thioether (sulfide) groups is 1. The number of hydrazone groups is 1. The van der Waals surface area contributed by atoms with Crippen molar-refractivity contribution in [2.24, 2.45) is 5.10 Å². The third-order valence-electron chi connectivity index (χ3n) is 2.98. The molecule has 0 bridgehead atoms. The molecule has 1 N–H and O–H groups in total. The molecule has 0 fully saturated rings. The van der Waals surface area contributed by atoms with Crippen molar-refractivity contribution in [2.75, 3.05) is 11.7 Å². The second kappa shape index (κ2) is 7.81. The van der Waals surface area contributed by atoms with Gasteiger partial charge in [-0.15, -0.1) is 0 Å². The summed E-state index contributed by atoms with van der Waals surface area (Å²) in [6.07, 6.45) is 3.38. The second-order valence-electron chi connectivity index (χ2n) is 4.85. The first-order valence-electron chi connectivity index (χ1n) is 6.67. The van der Waals surface area contributed by atoms with E-state index < -0.39 is 0 Å². The third kappa shape index (κ3) is 4.35. The summed E-state index contributed by atoms with van der Waals surface area (Å²) in [7, 11) is 0. The number of aromatic nitrogens is 2. The number of hydrogen-bond donors (Lipinski definition) is 1. The maximum atomic E-state index is 6.08. The van der Waals surface area contributed by atoms with Crippen molar-refractivity contribution in [3.8, 4) is 0 Å². The topological polar surface area (TPSA) is 50.2 Å². The smallest absolute Gasteiger partial charge is 0.190 e. The fourth-order valence-corrected chi connectivity index (χ4v) is 2.66. The van der Waals surface area contributed by atoms with Gasteiger partial charge >= 0.3 is 0 Å². The first-order chi connectivity index (χ1) is 10.5. The molecule has 116 valence electrons. The Hall–Kier alpha value is -1.30. The molecular formula is C15H16Cl2N4S. The van der Waals surface area contributed by atoms with Gasteiger partial charge in [-0.2, -0.15) is 5.10 Å². The summed E-state index contributed by atoms with van der Waals surface area (Å²) >= 11 is 13.5. The minimum atomic E-state index is 0.282. The molecule has 0 amide bonds. The van der Waals surface area contributed by atoms with Crippen LogP contribution in [0.5, 0.6) is 0 Å². The number of anilines is 1. The average Bonchev–Trinajstić information content (AvgIpc) is 2.50. The molecule has 4 nitrogen and oxygen atoms in total. The molecule has 1 aromatic carbocycles. The minimum Gasteiger partial charge on any atom is -0.279 e. The van der Waals surface area contributed by atoms with Crippen molar-refractivity contribution in [3.63, 3.8) is 0 Å². The standard InChI is InChI=1S/C15H16Cl2N4S/c1-9(2)10-4-6-11(7-5-10)21-18-8-12-13(16)19-15(22-3)20-14(12)17/h4-9,21H,1-3H3/b18-8+. The Bertz CT molecular complexity index is 649. The van der Waals surface area contributed by atoms with Gasteiger partial charge in [0.05, 0.1) is 17.5 Å². The van der Waals surface area contributed by atoms with Crippen LogP contribution in [0.25, 0.3) is 0 Å². The molecule has 0 aliphatic carbocycles. The van der Waals surface area contributed by atoms with Gasteiger partial charge in [-0.3, -0.25) is 5.43 Å². The number of benzene rings is 1. The quantitative estimate of drug-likeness (QED) is 0.267. The zero-order valence-corrected chi connectivity index (χ0v) is 14.8. The van der Waals surface area contributed by atoms with Gasteiger partial charge < -0.3 is 0 Å². The van der Waals surface area contributed by atoms with Crippen molar-refractivity contribution in [3.05, 3.63) is 45.7 Å². The van der Waals surface area contributed by atoms with Gasteiger partial charge in [-0.05, 0) is 29.9 Å². The fraction of sp³-hybridized carbons (Fsp3) is 0.267. The zero-order chi connectivity index (χ0) is 16.1. The molecule has 0 aliphatic rings. The lowest BCUT2D eigenvalue weighted by atomic mass is 10.0. The number of nitrogens with zero attached hydrogens (tertiary/aromatic N) is 3. The highest BCUT2D eigenvalue weighted by molar-refractivity contribution is 7.98. The Kier molecular flexibility index (Phi) is 6.06. The predicted octanol–water partition coefficient (Wildman–Crippen LogP) is 5.07. The molecule has 0 unspecified atom stereocenters. The molecule has 1 aromatic heterocycles. The van der Waals surface area contributed by atoms with Crippen LogP contribution in [-0.2, 0) is 0 Å². The van der Waals surface area contributed by atoms with E-state index in [0.717, 1.165) is 5.69 Å². The van der Waals surface area contributed by atoms with Crippen LogP contribution in [0.2, 0.25) is 10.3 Å². The lowest BCUT2D eigenvalue weighted by molar-refractivity contribution is 0.867. The number of hydrogen-bond acceptors (Lipinski definition) is 5. The lowest BCUT2D eigenvalue weighted by Crippen LogP contribution is -1.97. The van der Waals surface area contributed by atoms with E-state index in [-0.39, 0.29) is 10.3 Å². The van der Waals surface area contributed by atoms with Gasteiger partial charge in [0.15, 0.2) is 5.16 Å². The Morgan fingerprint density at radius 1 is 1.14 bits per heavy atom. The number of nitrogens with one attached hydrogen (secondary N) is 1. The van der Waals surface area contributed by atoms with E-state index in [4.69, 9.17) is 23.2 Å². The van der Waals surface area contributed by atoms with Crippen LogP contribution >= 0.6 is 35.0 Å². The van der Waals surface area contributed by atoms with Gasteiger partial charge in [0.1, 0.15) is 10.3 Å². The van der Waals surface area contributed by atoms with Crippen molar-refractivity contribution in [1.29, 1.82) is 0 Å². The van der Waals surface area contributed by atoms with Crippen molar-refractivity contribution in [1.82, 2.24) is 9.97 Å². The van der Waals surface area contributed by atoms with Gasteiger partial charge in [-0.25, -0.2) is 9.97 Å². The van der Waals surface area contributed by atoms with E-state index >= 15 is 0 Å². The highest BCUT2D eigenvalue weighted by atomic mass is 35.5. The maximum absolute atomic E-state index is 6.08. The molecule has 2 rings (SSSR count). The first-order valence-corrected chi connectivity index (χ1v) is 8.65. The van der Waals surface area contributed by atoms with Gasteiger partial charge in [0.25, 0.3) is 0 Å². The third-order valence-corrected chi connectivity index (χ3v) is 4.10. The van der Waals surface area contributed by atoms with E-state index in [1.54, 1.807) is 0 Å². The van der Waals surface area contributed by atoms with Crippen LogP contribution in [0.15, 0.2) is 34.5 Å². The summed E-state index contributed by atoms with van der Waals surface area (Å²) in [6.45, 7) is 4.31. The minimum absolute atomic E-state index is 0.282. The van der Waals surface area contributed by atoms with Crippen molar-refractivity contribution >= 4 is 46.9 Å². The highest BCUT2D eigenvalue weighted by Gasteiger charge is 2.09. The van der Waals surface area contributed by atoms with Crippen LogP contribution in [0.3, 0.4) is 0 Å². The molecule has 0 atom stereocenters. The van der Waals surface area contributed by atoms with Crippen molar-refractivity contribution < 1.29 is 0 Å². The van der Waals surface area contributed by atoms with Crippen LogP contribution < -0.4 is 5.43 Å². The summed E-state index contributed by atoms with van der Waals surface area (Å²) in [5.74, 6) is 0.502. The van der Waals surface area contributed by atoms with Crippen LogP contribution in [0.4, 0.5) is 5.69 Å². The Balaban J connectivity index is 2.09. The molecule has 1 heterocycles. The molecule has 0 saturated heterocycles. The predicted molar refractivity (Wildman–Crippen MR) is 95.6 cm³/mol. The van der Waals surface area contributed by atoms with Crippen LogP contribution in [0, 0.1) is 0 Å². The van der Waals surface area contributed by atoms with E-state index in [1.807, 2.05) is 18.4 Å². The summed E-state index contributed by atoms with van der Waals surface area (Å²) in [4.78, 5) is 8.25. The van der Waals surface area contributed by atoms with Crippen LogP contribution in [-0.4, -0.2) is 22.4 Å².